The monoisotopic (exact) mass is 325 g/mol. The summed E-state index contributed by atoms with van der Waals surface area (Å²) in [5, 5.41) is 6.91. The van der Waals surface area contributed by atoms with Crippen molar-refractivity contribution in [2.24, 2.45) is 0 Å². The van der Waals surface area contributed by atoms with E-state index in [0.29, 0.717) is 11.2 Å². The molecule has 1 fully saturated rings. The summed E-state index contributed by atoms with van der Waals surface area (Å²) in [6.45, 7) is 5.60. The fourth-order valence-electron chi connectivity index (χ4n) is 2.58. The second-order valence-corrected chi connectivity index (χ2v) is 7.09. The van der Waals surface area contributed by atoms with E-state index in [2.05, 4.69) is 15.6 Å². The smallest absolute Gasteiger partial charge is 0.407 e. The standard InChI is InChI=1S/C16H24ClN3O2/c1-16(2,3)22-15(21)20-12-6-4-11(5-7-12)19-13-8-9-18-14(17)10-13/h8-12H,4-7H2,1-3H3,(H,18,19)(H,20,21). The van der Waals surface area contributed by atoms with Crippen LogP contribution in [0.4, 0.5) is 10.5 Å². The summed E-state index contributed by atoms with van der Waals surface area (Å²) in [6.07, 6.45) is 5.25. The minimum absolute atomic E-state index is 0.189. The zero-order chi connectivity index (χ0) is 16.2. The van der Waals surface area contributed by atoms with Crippen LogP contribution >= 0.6 is 11.6 Å². The molecule has 1 heterocycles. The number of hydrogen-bond donors (Lipinski definition) is 2. The second kappa shape index (κ2) is 7.18. The summed E-state index contributed by atoms with van der Waals surface area (Å²) < 4.78 is 5.29. The van der Waals surface area contributed by atoms with E-state index in [1.54, 1.807) is 6.20 Å². The minimum atomic E-state index is -0.455. The number of carbonyl (C=O) groups excluding carboxylic acids is 1. The highest BCUT2D eigenvalue weighted by atomic mass is 35.5. The minimum Gasteiger partial charge on any atom is -0.444 e. The molecule has 1 aromatic heterocycles. The van der Waals surface area contributed by atoms with Crippen LogP contribution in [0, 0.1) is 0 Å². The molecule has 0 spiro atoms. The molecule has 0 aromatic carbocycles. The van der Waals surface area contributed by atoms with E-state index >= 15 is 0 Å². The summed E-state index contributed by atoms with van der Waals surface area (Å²) in [6, 6.07) is 4.33. The van der Waals surface area contributed by atoms with Gasteiger partial charge in [-0.2, -0.15) is 0 Å². The van der Waals surface area contributed by atoms with E-state index in [4.69, 9.17) is 16.3 Å². The van der Waals surface area contributed by atoms with Crippen LogP contribution in [0.15, 0.2) is 18.3 Å². The summed E-state index contributed by atoms with van der Waals surface area (Å²) in [4.78, 5) is 15.7. The SMILES string of the molecule is CC(C)(C)OC(=O)NC1CCC(Nc2ccnc(Cl)c2)CC1. The predicted octanol–water partition coefficient (Wildman–Crippen LogP) is 3.98. The van der Waals surface area contributed by atoms with Gasteiger partial charge in [-0.25, -0.2) is 9.78 Å². The molecule has 1 aliphatic carbocycles. The van der Waals surface area contributed by atoms with Crippen molar-refractivity contribution in [3.63, 3.8) is 0 Å². The number of rotatable bonds is 3. The molecule has 5 nitrogen and oxygen atoms in total. The van der Waals surface area contributed by atoms with Gasteiger partial charge >= 0.3 is 6.09 Å². The average Bonchev–Trinajstić information content (AvgIpc) is 2.39. The van der Waals surface area contributed by atoms with E-state index in [1.807, 2.05) is 32.9 Å². The van der Waals surface area contributed by atoms with E-state index in [-0.39, 0.29) is 12.1 Å². The Morgan fingerprint density at radius 2 is 1.91 bits per heavy atom. The quantitative estimate of drug-likeness (QED) is 0.825. The first-order chi connectivity index (χ1) is 10.3. The lowest BCUT2D eigenvalue weighted by Gasteiger charge is -2.31. The third-order valence-electron chi connectivity index (χ3n) is 3.55. The van der Waals surface area contributed by atoms with Crippen LogP contribution < -0.4 is 10.6 Å². The Morgan fingerprint density at radius 1 is 1.27 bits per heavy atom. The molecule has 0 radical (unpaired) electrons. The van der Waals surface area contributed by atoms with Crippen molar-refractivity contribution < 1.29 is 9.53 Å². The maximum atomic E-state index is 11.8. The number of hydrogen-bond acceptors (Lipinski definition) is 4. The molecule has 1 aliphatic rings. The molecule has 22 heavy (non-hydrogen) atoms. The first-order valence-electron chi connectivity index (χ1n) is 7.69. The van der Waals surface area contributed by atoms with Crippen LogP contribution in [0.25, 0.3) is 0 Å². The van der Waals surface area contributed by atoms with Gasteiger partial charge in [0.2, 0.25) is 0 Å². The van der Waals surface area contributed by atoms with Crippen molar-refractivity contribution in [1.29, 1.82) is 0 Å². The number of halogens is 1. The molecule has 0 atom stereocenters. The zero-order valence-electron chi connectivity index (χ0n) is 13.4. The highest BCUT2D eigenvalue weighted by Gasteiger charge is 2.24. The normalized spacial score (nSPS) is 22.0. The molecule has 1 aromatic rings. The van der Waals surface area contributed by atoms with E-state index in [1.165, 1.54) is 0 Å². The number of amides is 1. The molecule has 1 saturated carbocycles. The first-order valence-corrected chi connectivity index (χ1v) is 8.07. The van der Waals surface area contributed by atoms with Crippen molar-refractivity contribution in [2.45, 2.75) is 64.1 Å². The molecular formula is C16H24ClN3O2. The summed E-state index contributed by atoms with van der Waals surface area (Å²) in [5.41, 5.74) is 0.534. The highest BCUT2D eigenvalue weighted by molar-refractivity contribution is 6.29. The lowest BCUT2D eigenvalue weighted by Crippen LogP contribution is -2.42. The van der Waals surface area contributed by atoms with Gasteiger partial charge in [0.25, 0.3) is 0 Å². The Hall–Kier alpha value is -1.49. The van der Waals surface area contributed by atoms with Crippen LogP contribution in [-0.4, -0.2) is 28.8 Å². The van der Waals surface area contributed by atoms with Gasteiger partial charge < -0.3 is 15.4 Å². The molecule has 2 rings (SSSR count). The van der Waals surface area contributed by atoms with Crippen LogP contribution in [0.3, 0.4) is 0 Å². The summed E-state index contributed by atoms with van der Waals surface area (Å²) >= 11 is 5.88. The Bertz CT molecular complexity index is 508. The van der Waals surface area contributed by atoms with Crippen molar-refractivity contribution in [3.05, 3.63) is 23.5 Å². The molecule has 6 heteroatoms. The number of aromatic nitrogens is 1. The van der Waals surface area contributed by atoms with Crippen molar-refractivity contribution >= 4 is 23.4 Å². The summed E-state index contributed by atoms with van der Waals surface area (Å²) in [5.74, 6) is 0. The Labute approximate surface area is 136 Å². The zero-order valence-corrected chi connectivity index (χ0v) is 14.1. The van der Waals surface area contributed by atoms with Crippen LogP contribution in [0.2, 0.25) is 5.15 Å². The fourth-order valence-corrected chi connectivity index (χ4v) is 2.76. The average molecular weight is 326 g/mol. The Balaban J connectivity index is 1.75. The number of pyridine rings is 1. The van der Waals surface area contributed by atoms with Gasteiger partial charge in [0.1, 0.15) is 10.8 Å². The number of alkyl carbamates (subject to hydrolysis) is 1. The van der Waals surface area contributed by atoms with Crippen molar-refractivity contribution in [2.75, 3.05) is 5.32 Å². The van der Waals surface area contributed by atoms with E-state index < -0.39 is 5.60 Å². The molecule has 0 saturated heterocycles. The molecule has 122 valence electrons. The highest BCUT2D eigenvalue weighted by Crippen LogP contribution is 2.23. The molecule has 0 bridgehead atoms. The number of carbonyl (C=O) groups is 1. The van der Waals surface area contributed by atoms with Gasteiger partial charge in [-0.15, -0.1) is 0 Å². The third-order valence-corrected chi connectivity index (χ3v) is 3.75. The van der Waals surface area contributed by atoms with Gasteiger partial charge in [-0.3, -0.25) is 0 Å². The first kappa shape index (κ1) is 16.9. The lowest BCUT2D eigenvalue weighted by atomic mass is 9.91. The predicted molar refractivity (Wildman–Crippen MR) is 88.3 cm³/mol. The van der Waals surface area contributed by atoms with Gasteiger partial charge in [0.05, 0.1) is 0 Å². The lowest BCUT2D eigenvalue weighted by molar-refractivity contribution is 0.0492. The van der Waals surface area contributed by atoms with Gasteiger partial charge in [-0.05, 0) is 58.6 Å². The van der Waals surface area contributed by atoms with Crippen molar-refractivity contribution in [1.82, 2.24) is 10.3 Å². The summed E-state index contributed by atoms with van der Waals surface area (Å²) in [7, 11) is 0. The van der Waals surface area contributed by atoms with Gasteiger partial charge in [0.15, 0.2) is 0 Å². The molecule has 1 amide bonds. The fraction of sp³-hybridized carbons (Fsp3) is 0.625. The molecular weight excluding hydrogens is 302 g/mol. The number of anilines is 1. The Morgan fingerprint density at radius 3 is 2.50 bits per heavy atom. The van der Waals surface area contributed by atoms with Crippen LogP contribution in [0.5, 0.6) is 0 Å². The molecule has 0 unspecified atom stereocenters. The maximum absolute atomic E-state index is 11.8. The number of nitrogens with zero attached hydrogens (tertiary/aromatic N) is 1. The largest absolute Gasteiger partial charge is 0.444 e. The topological polar surface area (TPSA) is 63.2 Å². The van der Waals surface area contributed by atoms with Crippen LogP contribution in [0.1, 0.15) is 46.5 Å². The molecule has 0 aliphatic heterocycles. The van der Waals surface area contributed by atoms with Crippen LogP contribution in [-0.2, 0) is 4.74 Å². The maximum Gasteiger partial charge on any atom is 0.407 e. The van der Waals surface area contributed by atoms with E-state index in [9.17, 15) is 4.79 Å². The van der Waals surface area contributed by atoms with Gasteiger partial charge in [0, 0.05) is 24.0 Å². The number of ether oxygens (including phenoxy) is 1. The number of nitrogens with one attached hydrogen (secondary N) is 2. The second-order valence-electron chi connectivity index (χ2n) is 6.71. The Kier molecular flexibility index (Phi) is 5.51. The third kappa shape index (κ3) is 5.72. The van der Waals surface area contributed by atoms with E-state index in [0.717, 1.165) is 31.4 Å². The molecule has 2 N–H and O–H groups in total. The van der Waals surface area contributed by atoms with Crippen molar-refractivity contribution in [3.8, 4) is 0 Å². The van der Waals surface area contributed by atoms with Gasteiger partial charge in [-0.1, -0.05) is 11.6 Å².